The molecule has 0 N–H and O–H groups in total. The van der Waals surface area contributed by atoms with Crippen molar-refractivity contribution < 1.29 is 26.3 Å². The van der Waals surface area contributed by atoms with E-state index in [1.54, 1.807) is 30.2 Å². The maximum Gasteiger partial charge on any atom is 0.389 e. The summed E-state index contributed by atoms with van der Waals surface area (Å²) < 4.78 is 62.7. The molecule has 166 valence electrons. The molecule has 0 bridgehead atoms. The van der Waals surface area contributed by atoms with E-state index >= 15 is 0 Å². The molecule has 0 aliphatic rings. The van der Waals surface area contributed by atoms with Gasteiger partial charge in [0.2, 0.25) is 6.20 Å². The van der Waals surface area contributed by atoms with E-state index in [1.807, 2.05) is 0 Å². The van der Waals surface area contributed by atoms with E-state index in [9.17, 15) is 26.8 Å². The second kappa shape index (κ2) is 9.92. The number of halogens is 4. The first kappa shape index (κ1) is 24.4. The van der Waals surface area contributed by atoms with Gasteiger partial charge >= 0.3 is 6.18 Å². The number of rotatable bonds is 9. The Kier molecular flexibility index (Phi) is 8.06. The number of alkyl halides is 3. The monoisotopic (exact) mass is 484 g/mol. The molecule has 0 aromatic carbocycles. The maximum absolute atomic E-state index is 12.2. The molecule has 13 heteroatoms. The van der Waals surface area contributed by atoms with Gasteiger partial charge in [-0.05, 0) is 19.4 Å². The van der Waals surface area contributed by atoms with Gasteiger partial charge in [-0.15, -0.1) is 0 Å². The number of pyridine rings is 1. The lowest BCUT2D eigenvalue weighted by molar-refractivity contribution is -0.605. The van der Waals surface area contributed by atoms with Crippen LogP contribution >= 0.6 is 23.8 Å². The molecule has 0 fully saturated rings. The van der Waals surface area contributed by atoms with E-state index in [-0.39, 0.29) is 22.3 Å². The summed E-state index contributed by atoms with van der Waals surface area (Å²) in [6.07, 6.45) is -1.87. The van der Waals surface area contributed by atoms with Gasteiger partial charge in [0, 0.05) is 25.5 Å². The van der Waals surface area contributed by atoms with E-state index in [2.05, 4.69) is 5.10 Å². The minimum absolute atomic E-state index is 0.0368. The van der Waals surface area contributed by atoms with E-state index in [0.717, 1.165) is 0 Å². The van der Waals surface area contributed by atoms with E-state index in [1.165, 1.54) is 17.1 Å². The van der Waals surface area contributed by atoms with Crippen LogP contribution in [0.15, 0.2) is 30.7 Å². The zero-order valence-corrected chi connectivity index (χ0v) is 18.4. The molecule has 2 aromatic rings. The van der Waals surface area contributed by atoms with Crippen molar-refractivity contribution in [2.45, 2.75) is 32.4 Å². The van der Waals surface area contributed by atoms with Crippen molar-refractivity contribution >= 4 is 44.3 Å². The first-order valence-corrected chi connectivity index (χ1v) is 11.5. The summed E-state index contributed by atoms with van der Waals surface area (Å²) in [7, 11) is -3.68. The second-order valence-corrected chi connectivity index (χ2v) is 9.56. The highest BCUT2D eigenvalue weighted by Gasteiger charge is 2.27. The van der Waals surface area contributed by atoms with Crippen molar-refractivity contribution in [3.8, 4) is 5.69 Å². The molecule has 0 unspecified atom stereocenters. The first-order chi connectivity index (χ1) is 13.9. The fourth-order valence-electron chi connectivity index (χ4n) is 2.69. The SMILES string of the molecule is CCN(C(=S)CCS(=O)(=O)CCCC(F)(F)F)c1cn(-c2ccc[n+]([O-])c2)nc1Cl. The van der Waals surface area contributed by atoms with Crippen LogP contribution in [0.1, 0.15) is 26.2 Å². The van der Waals surface area contributed by atoms with Crippen LogP contribution in [0.4, 0.5) is 18.9 Å². The van der Waals surface area contributed by atoms with Crippen LogP contribution in [0, 0.1) is 5.21 Å². The van der Waals surface area contributed by atoms with Crippen LogP contribution < -0.4 is 9.63 Å². The van der Waals surface area contributed by atoms with Crippen LogP contribution in [-0.2, 0) is 9.84 Å². The van der Waals surface area contributed by atoms with Gasteiger partial charge in [-0.2, -0.15) is 23.0 Å². The van der Waals surface area contributed by atoms with Crippen LogP contribution in [0.3, 0.4) is 0 Å². The van der Waals surface area contributed by atoms with Crippen molar-refractivity contribution in [1.29, 1.82) is 0 Å². The molecule has 0 saturated carbocycles. The number of anilines is 1. The molecule has 2 rings (SSSR count). The highest BCUT2D eigenvalue weighted by molar-refractivity contribution is 7.91. The lowest BCUT2D eigenvalue weighted by atomic mass is 10.3. The molecule has 0 amide bonds. The van der Waals surface area contributed by atoms with Crippen LogP contribution in [-0.4, -0.2) is 47.4 Å². The van der Waals surface area contributed by atoms with Crippen LogP contribution in [0.2, 0.25) is 5.15 Å². The number of thiocarbonyl (C=S) groups is 1. The van der Waals surface area contributed by atoms with Crippen LogP contribution in [0.25, 0.3) is 5.69 Å². The van der Waals surface area contributed by atoms with Crippen molar-refractivity contribution in [2.75, 3.05) is 23.0 Å². The van der Waals surface area contributed by atoms with Gasteiger partial charge in [0.1, 0.15) is 5.69 Å². The predicted octanol–water partition coefficient (Wildman–Crippen LogP) is 3.46. The molecule has 2 aromatic heterocycles. The minimum Gasteiger partial charge on any atom is -0.619 e. The number of sulfone groups is 1. The van der Waals surface area contributed by atoms with Gasteiger partial charge in [-0.3, -0.25) is 0 Å². The number of hydrogen-bond donors (Lipinski definition) is 0. The summed E-state index contributed by atoms with van der Waals surface area (Å²) >= 11 is 11.5. The van der Waals surface area contributed by atoms with Gasteiger partial charge < -0.3 is 10.1 Å². The van der Waals surface area contributed by atoms with E-state index in [4.69, 9.17) is 23.8 Å². The van der Waals surface area contributed by atoms with Crippen molar-refractivity contribution in [3.05, 3.63) is 41.1 Å². The third-order valence-corrected chi connectivity index (χ3v) is 6.56. The topological polar surface area (TPSA) is 82.1 Å². The third-order valence-electron chi connectivity index (χ3n) is 4.13. The molecule has 0 spiro atoms. The average Bonchev–Trinajstić information content (AvgIpc) is 3.01. The van der Waals surface area contributed by atoms with Gasteiger partial charge in [0.15, 0.2) is 21.2 Å². The Labute approximate surface area is 182 Å². The standard InChI is InChI=1S/C17H20ClF3N4O3S2/c1-2-24(15(29)6-10-30(27,28)9-4-7-17(19,20)21)14-12-25(22-16(14)18)13-5-3-8-23(26)11-13/h3,5,8,11-12H,2,4,6-7,9-10H2,1H3. The third kappa shape index (κ3) is 7.10. The molecule has 0 aliphatic carbocycles. The molecule has 0 radical (unpaired) electrons. The molecular formula is C17H20ClF3N4O3S2. The highest BCUT2D eigenvalue weighted by atomic mass is 35.5. The summed E-state index contributed by atoms with van der Waals surface area (Å²) in [6.45, 7) is 2.15. The zero-order valence-electron chi connectivity index (χ0n) is 16.0. The number of hydrogen-bond acceptors (Lipinski definition) is 5. The Morgan fingerprint density at radius 2 is 2.10 bits per heavy atom. The summed E-state index contributed by atoms with van der Waals surface area (Å²) in [5.74, 6) is -0.913. The largest absolute Gasteiger partial charge is 0.619 e. The zero-order chi connectivity index (χ0) is 22.5. The molecule has 30 heavy (non-hydrogen) atoms. The van der Waals surface area contributed by atoms with Crippen molar-refractivity contribution in [3.63, 3.8) is 0 Å². The Bertz CT molecular complexity index is 996. The van der Waals surface area contributed by atoms with Gasteiger partial charge in [-0.25, -0.2) is 13.1 Å². The second-order valence-electron chi connectivity index (χ2n) is 6.43. The van der Waals surface area contributed by atoms with Gasteiger partial charge in [-0.1, -0.05) is 23.8 Å². The number of nitrogens with zero attached hydrogens (tertiary/aromatic N) is 4. The Balaban J connectivity index is 2.06. The first-order valence-electron chi connectivity index (χ1n) is 8.94. The lowest BCUT2D eigenvalue weighted by Crippen LogP contribution is -2.31. The average molecular weight is 485 g/mol. The Morgan fingerprint density at radius 3 is 2.70 bits per heavy atom. The minimum atomic E-state index is -4.38. The van der Waals surface area contributed by atoms with Crippen molar-refractivity contribution in [2.24, 2.45) is 0 Å². The summed E-state index contributed by atoms with van der Waals surface area (Å²) in [5.41, 5.74) is 0.898. The normalized spacial score (nSPS) is 12.2. The fourth-order valence-corrected chi connectivity index (χ4v) is 4.67. The quantitative estimate of drug-likeness (QED) is 0.308. The smallest absolute Gasteiger partial charge is 0.389 e. The van der Waals surface area contributed by atoms with E-state index in [0.29, 0.717) is 22.6 Å². The fraction of sp³-hybridized carbons (Fsp3) is 0.471. The van der Waals surface area contributed by atoms with Crippen LogP contribution in [0.5, 0.6) is 0 Å². The van der Waals surface area contributed by atoms with Gasteiger partial charge in [0.25, 0.3) is 0 Å². The summed E-state index contributed by atoms with van der Waals surface area (Å²) in [5, 5.41) is 15.7. The molecule has 2 heterocycles. The summed E-state index contributed by atoms with van der Waals surface area (Å²) in [6, 6.07) is 3.20. The van der Waals surface area contributed by atoms with Gasteiger partial charge in [0.05, 0.1) is 28.4 Å². The molecule has 7 nitrogen and oxygen atoms in total. The molecule has 0 atom stereocenters. The van der Waals surface area contributed by atoms with Crippen molar-refractivity contribution in [1.82, 2.24) is 9.78 Å². The molecular weight excluding hydrogens is 465 g/mol. The number of aromatic nitrogens is 3. The molecule has 0 saturated heterocycles. The Morgan fingerprint density at radius 1 is 1.40 bits per heavy atom. The molecule has 0 aliphatic heterocycles. The summed E-state index contributed by atoms with van der Waals surface area (Å²) in [4.78, 5) is 1.87. The predicted molar refractivity (Wildman–Crippen MR) is 112 cm³/mol. The Hall–Kier alpha value is -1.92. The lowest BCUT2D eigenvalue weighted by Gasteiger charge is -2.22. The maximum atomic E-state index is 12.2. The highest BCUT2D eigenvalue weighted by Crippen LogP contribution is 2.27. The van der Waals surface area contributed by atoms with E-state index < -0.39 is 34.6 Å².